The number of hydrogen-bond acceptors (Lipinski definition) is 6. The molecule has 79 heavy (non-hydrogen) atoms. The molecular formula is C73H118O6. The van der Waals surface area contributed by atoms with Gasteiger partial charge in [0.25, 0.3) is 0 Å². The molecule has 0 aromatic carbocycles. The summed E-state index contributed by atoms with van der Waals surface area (Å²) in [6.45, 7) is 6.36. The number of carbonyl (C=O) groups is 3. The van der Waals surface area contributed by atoms with E-state index in [2.05, 4.69) is 167 Å². The number of unbranched alkanes of at least 4 members (excludes halogenated alkanes) is 22. The van der Waals surface area contributed by atoms with Crippen LogP contribution in [0.4, 0.5) is 0 Å². The van der Waals surface area contributed by atoms with Crippen LogP contribution in [0.5, 0.6) is 0 Å². The first-order valence-corrected chi connectivity index (χ1v) is 32.3. The van der Waals surface area contributed by atoms with Gasteiger partial charge in [0.2, 0.25) is 0 Å². The number of allylic oxidation sites excluding steroid dienone is 24. The molecule has 446 valence electrons. The molecule has 0 radical (unpaired) electrons. The molecule has 0 spiro atoms. The molecule has 0 saturated carbocycles. The molecule has 0 aromatic rings. The highest BCUT2D eigenvalue weighted by atomic mass is 16.6. The highest BCUT2D eigenvalue weighted by Gasteiger charge is 2.19. The van der Waals surface area contributed by atoms with Crippen molar-refractivity contribution < 1.29 is 28.6 Å². The zero-order valence-electron chi connectivity index (χ0n) is 51.1. The molecule has 0 aromatic heterocycles. The number of rotatable bonds is 57. The van der Waals surface area contributed by atoms with Gasteiger partial charge in [-0.15, -0.1) is 0 Å². The Bertz CT molecular complexity index is 1730. The topological polar surface area (TPSA) is 78.9 Å². The van der Waals surface area contributed by atoms with E-state index in [0.29, 0.717) is 19.3 Å². The van der Waals surface area contributed by atoms with Crippen LogP contribution in [0.15, 0.2) is 146 Å². The molecule has 0 aliphatic rings. The molecule has 0 bridgehead atoms. The van der Waals surface area contributed by atoms with E-state index >= 15 is 0 Å². The van der Waals surface area contributed by atoms with Crippen LogP contribution in [0.2, 0.25) is 0 Å². The zero-order valence-corrected chi connectivity index (χ0v) is 51.1. The van der Waals surface area contributed by atoms with Crippen molar-refractivity contribution in [2.24, 2.45) is 0 Å². The Morgan fingerprint density at radius 2 is 0.494 bits per heavy atom. The maximum Gasteiger partial charge on any atom is 0.306 e. The Labute approximate surface area is 487 Å². The van der Waals surface area contributed by atoms with E-state index in [1.54, 1.807) is 0 Å². The van der Waals surface area contributed by atoms with Crippen LogP contribution in [0.1, 0.15) is 278 Å². The Balaban J connectivity index is 4.33. The minimum Gasteiger partial charge on any atom is -0.462 e. The van der Waals surface area contributed by atoms with Gasteiger partial charge >= 0.3 is 17.9 Å². The van der Waals surface area contributed by atoms with E-state index in [4.69, 9.17) is 14.2 Å². The Morgan fingerprint density at radius 1 is 0.266 bits per heavy atom. The number of ether oxygens (including phenoxy) is 3. The summed E-state index contributed by atoms with van der Waals surface area (Å²) in [6, 6.07) is 0. The van der Waals surface area contributed by atoms with Crippen molar-refractivity contribution in [2.75, 3.05) is 13.2 Å². The van der Waals surface area contributed by atoms with Gasteiger partial charge in [0.05, 0.1) is 0 Å². The average molecular weight is 1090 g/mol. The first-order chi connectivity index (χ1) is 39.0. The molecule has 1 atom stereocenters. The molecule has 0 saturated heterocycles. The lowest BCUT2D eigenvalue weighted by Gasteiger charge is -2.18. The van der Waals surface area contributed by atoms with Crippen LogP contribution in [-0.2, 0) is 28.6 Å². The van der Waals surface area contributed by atoms with Crippen molar-refractivity contribution in [3.63, 3.8) is 0 Å². The SMILES string of the molecule is CC/C=C\C/C=C\C/C=C\C/C=C\C/C=C\C/C=C\C/C=C\CCCCCCCCCCCC(=O)OCC(COC(=O)CCCCCCC/C=C\C/C=C\CCCCC)OC(=O)CCCCCCC/C=C\C/C=C\C/C=C\CC. The first kappa shape index (κ1) is 74.3. The van der Waals surface area contributed by atoms with Crippen LogP contribution in [0.25, 0.3) is 0 Å². The third-order valence-electron chi connectivity index (χ3n) is 13.3. The Hall–Kier alpha value is -4.71. The zero-order chi connectivity index (χ0) is 57.1. The molecule has 0 fully saturated rings. The van der Waals surface area contributed by atoms with Gasteiger partial charge in [0, 0.05) is 19.3 Å². The highest BCUT2D eigenvalue weighted by molar-refractivity contribution is 5.71. The molecule has 0 heterocycles. The van der Waals surface area contributed by atoms with Gasteiger partial charge in [-0.25, -0.2) is 0 Å². The maximum atomic E-state index is 12.9. The molecule has 6 heteroatoms. The fourth-order valence-electron chi connectivity index (χ4n) is 8.53. The van der Waals surface area contributed by atoms with Crippen LogP contribution in [-0.4, -0.2) is 37.2 Å². The summed E-state index contributed by atoms with van der Waals surface area (Å²) in [5, 5.41) is 0. The fraction of sp³-hybridized carbons (Fsp3) is 0.630. The van der Waals surface area contributed by atoms with E-state index in [0.717, 1.165) is 173 Å². The van der Waals surface area contributed by atoms with Crippen molar-refractivity contribution in [3.05, 3.63) is 146 Å². The van der Waals surface area contributed by atoms with Crippen molar-refractivity contribution in [1.82, 2.24) is 0 Å². The second-order valence-corrected chi connectivity index (χ2v) is 20.9. The molecule has 0 aliphatic heterocycles. The second-order valence-electron chi connectivity index (χ2n) is 20.9. The molecular weight excluding hydrogens is 973 g/mol. The number of hydrogen-bond donors (Lipinski definition) is 0. The van der Waals surface area contributed by atoms with Crippen LogP contribution < -0.4 is 0 Å². The maximum absolute atomic E-state index is 12.9. The summed E-state index contributed by atoms with van der Waals surface area (Å²) in [5.41, 5.74) is 0. The predicted octanol–water partition coefficient (Wildman–Crippen LogP) is 22.3. The standard InChI is InChI=1S/C73H118O6/c1-4-7-10-13-16-19-22-25-28-29-30-31-32-33-34-35-36-37-38-39-40-41-42-43-46-48-51-54-57-60-63-66-72(75)78-69-70(79-73(76)67-64-61-58-55-52-49-45-27-24-21-18-15-12-9-6-3)68-77-71(74)65-62-59-56-53-50-47-44-26-23-20-17-14-11-8-5-2/h7,9-10,12,16-21,25-28,30-31,33-34,36-37,39-40,44-45,70H,4-6,8,11,13-15,22-24,29,32,35,38,41-43,46-69H2,1-3H3/b10-7-,12-9-,19-16-,20-17-,21-18-,28-25-,31-30-,34-33-,37-36-,40-39-,44-26-,45-27-. The second kappa shape index (κ2) is 65.8. The summed E-state index contributed by atoms with van der Waals surface area (Å²) >= 11 is 0. The van der Waals surface area contributed by atoms with Crippen molar-refractivity contribution in [3.8, 4) is 0 Å². The fourth-order valence-corrected chi connectivity index (χ4v) is 8.53. The Morgan fingerprint density at radius 3 is 0.772 bits per heavy atom. The van der Waals surface area contributed by atoms with Gasteiger partial charge in [-0.1, -0.05) is 263 Å². The van der Waals surface area contributed by atoms with E-state index in [-0.39, 0.29) is 31.1 Å². The Kier molecular flexibility index (Phi) is 61.9. The minimum atomic E-state index is -0.802. The molecule has 0 N–H and O–H groups in total. The third-order valence-corrected chi connectivity index (χ3v) is 13.3. The van der Waals surface area contributed by atoms with Gasteiger partial charge in [-0.3, -0.25) is 14.4 Å². The molecule has 0 amide bonds. The molecule has 0 aliphatic carbocycles. The lowest BCUT2D eigenvalue weighted by molar-refractivity contribution is -0.167. The van der Waals surface area contributed by atoms with Crippen molar-refractivity contribution >= 4 is 17.9 Å². The summed E-state index contributed by atoms with van der Waals surface area (Å²) in [4.78, 5) is 38.3. The molecule has 0 rings (SSSR count). The lowest BCUT2D eigenvalue weighted by Crippen LogP contribution is -2.30. The van der Waals surface area contributed by atoms with Gasteiger partial charge < -0.3 is 14.2 Å². The molecule has 1 unspecified atom stereocenters. The quantitative estimate of drug-likeness (QED) is 0.0261. The molecule has 6 nitrogen and oxygen atoms in total. The highest BCUT2D eigenvalue weighted by Crippen LogP contribution is 2.15. The van der Waals surface area contributed by atoms with Gasteiger partial charge in [-0.2, -0.15) is 0 Å². The monoisotopic (exact) mass is 1090 g/mol. The van der Waals surface area contributed by atoms with Crippen LogP contribution in [0.3, 0.4) is 0 Å². The van der Waals surface area contributed by atoms with Gasteiger partial charge in [0.1, 0.15) is 13.2 Å². The van der Waals surface area contributed by atoms with E-state index in [1.807, 2.05) is 0 Å². The summed E-state index contributed by atoms with van der Waals surface area (Å²) in [5.74, 6) is -0.934. The minimum absolute atomic E-state index is 0.0972. The van der Waals surface area contributed by atoms with Crippen LogP contribution >= 0.6 is 0 Å². The normalized spacial score (nSPS) is 13.1. The third kappa shape index (κ3) is 64.0. The van der Waals surface area contributed by atoms with E-state index < -0.39 is 6.10 Å². The van der Waals surface area contributed by atoms with Crippen molar-refractivity contribution in [2.45, 2.75) is 284 Å². The van der Waals surface area contributed by atoms with Crippen LogP contribution in [0, 0.1) is 0 Å². The summed E-state index contributed by atoms with van der Waals surface area (Å²) in [6.07, 6.45) is 94.2. The summed E-state index contributed by atoms with van der Waals surface area (Å²) in [7, 11) is 0. The van der Waals surface area contributed by atoms with Gasteiger partial charge in [0.15, 0.2) is 6.10 Å². The van der Waals surface area contributed by atoms with E-state index in [9.17, 15) is 14.4 Å². The lowest BCUT2D eigenvalue weighted by atomic mass is 10.1. The number of carbonyl (C=O) groups excluding carboxylic acids is 3. The van der Waals surface area contributed by atoms with Crippen molar-refractivity contribution in [1.29, 1.82) is 0 Å². The van der Waals surface area contributed by atoms with Gasteiger partial charge in [-0.05, 0) is 141 Å². The summed E-state index contributed by atoms with van der Waals surface area (Å²) < 4.78 is 16.9. The van der Waals surface area contributed by atoms with E-state index in [1.165, 1.54) is 64.2 Å². The number of esters is 3. The average Bonchev–Trinajstić information content (AvgIpc) is 3.45. The largest absolute Gasteiger partial charge is 0.462 e. The first-order valence-electron chi connectivity index (χ1n) is 32.3. The predicted molar refractivity (Wildman–Crippen MR) is 343 cm³/mol. The smallest absolute Gasteiger partial charge is 0.306 e.